The van der Waals surface area contributed by atoms with Gasteiger partial charge in [0.2, 0.25) is 0 Å². The van der Waals surface area contributed by atoms with E-state index in [2.05, 4.69) is 15.2 Å². The minimum atomic E-state index is -0.0283. The number of nitrogens with zero attached hydrogens (tertiary/aromatic N) is 3. The van der Waals surface area contributed by atoms with Crippen LogP contribution in [0.15, 0.2) is 18.5 Å². The average Bonchev–Trinajstić information content (AvgIpc) is 2.52. The summed E-state index contributed by atoms with van der Waals surface area (Å²) in [5.74, 6) is 0.492. The Labute approximate surface area is 119 Å². The van der Waals surface area contributed by atoms with Crippen LogP contribution in [-0.4, -0.2) is 74.1 Å². The van der Waals surface area contributed by atoms with Crippen molar-refractivity contribution in [2.45, 2.75) is 0 Å². The van der Waals surface area contributed by atoms with Crippen LogP contribution in [0, 0.1) is 0 Å². The smallest absolute Gasteiger partial charge is 0.257 e. The third-order valence-electron chi connectivity index (χ3n) is 3.54. The zero-order chi connectivity index (χ0) is 14.4. The number of piperazine rings is 1. The molecule has 0 atom stereocenters. The van der Waals surface area contributed by atoms with Crippen molar-refractivity contribution in [2.75, 3.05) is 53.4 Å². The third-order valence-corrected chi connectivity index (χ3v) is 3.54. The van der Waals surface area contributed by atoms with Crippen molar-refractivity contribution in [1.82, 2.24) is 20.1 Å². The van der Waals surface area contributed by atoms with E-state index in [-0.39, 0.29) is 5.91 Å². The first kappa shape index (κ1) is 14.7. The molecule has 0 aliphatic carbocycles. The standard InChI is InChI=1S/C14H22N4O2/c1-17(9-10-18-7-5-15-6-8-18)14(19)12-3-4-16-11-13(12)20-2/h3-4,11,15H,5-10H2,1-2H3. The minimum Gasteiger partial charge on any atom is -0.494 e. The van der Waals surface area contributed by atoms with Crippen LogP contribution in [0.1, 0.15) is 10.4 Å². The van der Waals surface area contributed by atoms with Crippen LogP contribution in [0.2, 0.25) is 0 Å². The molecular formula is C14H22N4O2. The van der Waals surface area contributed by atoms with Gasteiger partial charge in [0.05, 0.1) is 18.9 Å². The van der Waals surface area contributed by atoms with E-state index < -0.39 is 0 Å². The van der Waals surface area contributed by atoms with Crippen LogP contribution in [-0.2, 0) is 0 Å². The van der Waals surface area contributed by atoms with Crippen molar-refractivity contribution in [3.05, 3.63) is 24.0 Å². The van der Waals surface area contributed by atoms with E-state index in [4.69, 9.17) is 4.74 Å². The molecule has 6 heteroatoms. The van der Waals surface area contributed by atoms with Gasteiger partial charge < -0.3 is 15.0 Å². The van der Waals surface area contributed by atoms with Gasteiger partial charge >= 0.3 is 0 Å². The minimum absolute atomic E-state index is 0.0283. The first-order chi connectivity index (χ1) is 9.72. The van der Waals surface area contributed by atoms with E-state index in [1.54, 1.807) is 30.5 Å². The number of rotatable bonds is 5. The molecule has 1 aromatic heterocycles. The molecule has 1 aromatic rings. The van der Waals surface area contributed by atoms with E-state index in [1.165, 1.54) is 0 Å². The summed E-state index contributed by atoms with van der Waals surface area (Å²) < 4.78 is 5.18. The lowest BCUT2D eigenvalue weighted by molar-refractivity contribution is 0.0771. The molecule has 1 saturated heterocycles. The van der Waals surface area contributed by atoms with E-state index in [1.807, 2.05) is 7.05 Å². The summed E-state index contributed by atoms with van der Waals surface area (Å²) in [6, 6.07) is 1.70. The lowest BCUT2D eigenvalue weighted by Gasteiger charge is -2.29. The van der Waals surface area contributed by atoms with Gasteiger partial charge in [0.25, 0.3) is 5.91 Å². The fraction of sp³-hybridized carbons (Fsp3) is 0.571. The Hall–Kier alpha value is -1.66. The molecule has 0 spiro atoms. The zero-order valence-corrected chi connectivity index (χ0v) is 12.1. The number of hydrogen-bond donors (Lipinski definition) is 1. The number of aromatic nitrogens is 1. The molecule has 6 nitrogen and oxygen atoms in total. The number of carbonyl (C=O) groups is 1. The van der Waals surface area contributed by atoms with Gasteiger partial charge in [-0.1, -0.05) is 0 Å². The second kappa shape index (κ2) is 7.21. The number of ether oxygens (including phenoxy) is 1. The van der Waals surface area contributed by atoms with Crippen molar-refractivity contribution in [3.8, 4) is 5.75 Å². The van der Waals surface area contributed by atoms with Gasteiger partial charge in [0.15, 0.2) is 0 Å². The van der Waals surface area contributed by atoms with Crippen molar-refractivity contribution < 1.29 is 9.53 Å². The number of likely N-dealkylation sites (N-methyl/N-ethyl adjacent to an activating group) is 1. The Morgan fingerprint density at radius 3 is 2.95 bits per heavy atom. The zero-order valence-electron chi connectivity index (χ0n) is 12.1. The van der Waals surface area contributed by atoms with Gasteiger partial charge in [-0.05, 0) is 6.07 Å². The molecular weight excluding hydrogens is 256 g/mol. The predicted octanol–water partition coefficient (Wildman–Crippen LogP) is 0.0674. The van der Waals surface area contributed by atoms with Crippen molar-refractivity contribution in [2.24, 2.45) is 0 Å². The van der Waals surface area contributed by atoms with Crippen LogP contribution in [0.5, 0.6) is 5.75 Å². The summed E-state index contributed by atoms with van der Waals surface area (Å²) in [6.07, 6.45) is 3.18. The topological polar surface area (TPSA) is 57.7 Å². The Morgan fingerprint density at radius 1 is 1.50 bits per heavy atom. The summed E-state index contributed by atoms with van der Waals surface area (Å²) in [7, 11) is 3.37. The Kier molecular flexibility index (Phi) is 5.31. The van der Waals surface area contributed by atoms with Crippen LogP contribution in [0.25, 0.3) is 0 Å². The van der Waals surface area contributed by atoms with Gasteiger partial charge in [0, 0.05) is 52.5 Å². The highest BCUT2D eigenvalue weighted by Gasteiger charge is 2.17. The SMILES string of the molecule is COc1cnccc1C(=O)N(C)CCN1CCNCC1. The molecule has 20 heavy (non-hydrogen) atoms. The number of methoxy groups -OCH3 is 1. The quantitative estimate of drug-likeness (QED) is 0.826. The number of hydrogen-bond acceptors (Lipinski definition) is 5. The molecule has 0 unspecified atom stereocenters. The first-order valence-corrected chi connectivity index (χ1v) is 6.89. The maximum absolute atomic E-state index is 12.4. The summed E-state index contributed by atoms with van der Waals surface area (Å²) in [6.45, 7) is 5.74. The van der Waals surface area contributed by atoms with E-state index in [0.29, 0.717) is 17.9 Å². The molecule has 0 radical (unpaired) electrons. The molecule has 2 heterocycles. The number of carbonyl (C=O) groups excluding carboxylic acids is 1. The second-order valence-electron chi connectivity index (χ2n) is 4.89. The van der Waals surface area contributed by atoms with Crippen molar-refractivity contribution >= 4 is 5.91 Å². The molecule has 0 aromatic carbocycles. The van der Waals surface area contributed by atoms with Gasteiger partial charge in [-0.3, -0.25) is 14.7 Å². The molecule has 110 valence electrons. The molecule has 1 aliphatic rings. The van der Waals surface area contributed by atoms with E-state index >= 15 is 0 Å². The summed E-state index contributed by atoms with van der Waals surface area (Å²) in [5, 5.41) is 3.32. The van der Waals surface area contributed by atoms with Crippen LogP contribution in [0.3, 0.4) is 0 Å². The fourth-order valence-electron chi connectivity index (χ4n) is 2.25. The van der Waals surface area contributed by atoms with E-state index in [0.717, 1.165) is 32.7 Å². The highest BCUT2D eigenvalue weighted by molar-refractivity contribution is 5.96. The fourth-order valence-corrected chi connectivity index (χ4v) is 2.25. The number of nitrogens with one attached hydrogen (secondary N) is 1. The summed E-state index contributed by atoms with van der Waals surface area (Å²) >= 11 is 0. The molecule has 1 N–H and O–H groups in total. The summed E-state index contributed by atoms with van der Waals surface area (Å²) in [5.41, 5.74) is 0.560. The number of amides is 1. The Morgan fingerprint density at radius 2 is 2.25 bits per heavy atom. The molecule has 2 rings (SSSR count). The average molecular weight is 278 g/mol. The molecule has 0 saturated carbocycles. The maximum Gasteiger partial charge on any atom is 0.257 e. The monoisotopic (exact) mass is 278 g/mol. The van der Waals surface area contributed by atoms with Crippen molar-refractivity contribution in [3.63, 3.8) is 0 Å². The second-order valence-corrected chi connectivity index (χ2v) is 4.89. The molecule has 1 aliphatic heterocycles. The Bertz CT molecular complexity index is 447. The highest BCUT2D eigenvalue weighted by Crippen LogP contribution is 2.17. The van der Waals surface area contributed by atoms with Gasteiger partial charge in [-0.25, -0.2) is 0 Å². The largest absolute Gasteiger partial charge is 0.494 e. The van der Waals surface area contributed by atoms with Crippen LogP contribution in [0.4, 0.5) is 0 Å². The lowest BCUT2D eigenvalue weighted by atomic mass is 10.2. The molecule has 0 bridgehead atoms. The Balaban J connectivity index is 1.90. The van der Waals surface area contributed by atoms with Gasteiger partial charge in [-0.2, -0.15) is 0 Å². The predicted molar refractivity (Wildman–Crippen MR) is 77.1 cm³/mol. The van der Waals surface area contributed by atoms with Gasteiger partial charge in [0.1, 0.15) is 5.75 Å². The van der Waals surface area contributed by atoms with Crippen LogP contribution >= 0.6 is 0 Å². The van der Waals surface area contributed by atoms with Crippen molar-refractivity contribution in [1.29, 1.82) is 0 Å². The maximum atomic E-state index is 12.4. The first-order valence-electron chi connectivity index (χ1n) is 6.89. The molecule has 1 amide bonds. The normalized spacial score (nSPS) is 15.9. The lowest BCUT2D eigenvalue weighted by Crippen LogP contribution is -2.46. The third kappa shape index (κ3) is 3.68. The summed E-state index contributed by atoms with van der Waals surface area (Å²) in [4.78, 5) is 20.5. The number of pyridine rings is 1. The van der Waals surface area contributed by atoms with E-state index in [9.17, 15) is 4.79 Å². The van der Waals surface area contributed by atoms with Gasteiger partial charge in [-0.15, -0.1) is 0 Å². The van der Waals surface area contributed by atoms with Crippen LogP contribution < -0.4 is 10.1 Å². The molecule has 1 fully saturated rings. The highest BCUT2D eigenvalue weighted by atomic mass is 16.5.